The number of nitrogens with one attached hydrogen (secondary N) is 1. The Labute approximate surface area is 184 Å². The molecule has 0 bridgehead atoms. The summed E-state index contributed by atoms with van der Waals surface area (Å²) in [7, 11) is 1.44. The number of nitrogen functional groups attached to an aromatic ring is 1. The third-order valence-corrected chi connectivity index (χ3v) is 6.33. The van der Waals surface area contributed by atoms with E-state index in [9.17, 15) is 10.1 Å². The zero-order valence-electron chi connectivity index (χ0n) is 16.8. The molecule has 1 aromatic heterocycles. The quantitative estimate of drug-likeness (QED) is 0.674. The number of halogens is 2. The standard InChI is InChI=1S/C22H20Cl2N4O2/c1-22(2)7-14-17(15(29)8-22)16(10-4-5-12(23)13(24)6-10)18-19(27-14)11(9-25)21(30-3)28-20(18)26/h4-6,16,27H,7-8H2,1-3H3,(H2,26,28)/t16-/m1/s1. The first kappa shape index (κ1) is 20.5. The number of methoxy groups -OCH3 is 1. The van der Waals surface area contributed by atoms with E-state index in [4.69, 9.17) is 33.7 Å². The van der Waals surface area contributed by atoms with Crippen molar-refractivity contribution in [2.75, 3.05) is 18.2 Å². The minimum absolute atomic E-state index is 0.0317. The lowest BCUT2D eigenvalue weighted by molar-refractivity contribution is -0.118. The smallest absolute Gasteiger partial charge is 0.235 e. The molecular formula is C22H20Cl2N4O2. The maximum absolute atomic E-state index is 13.3. The summed E-state index contributed by atoms with van der Waals surface area (Å²) in [5.41, 5.74) is 9.61. The summed E-state index contributed by atoms with van der Waals surface area (Å²) in [5, 5.41) is 13.9. The zero-order chi connectivity index (χ0) is 21.8. The summed E-state index contributed by atoms with van der Waals surface area (Å²) in [6, 6.07) is 7.41. The van der Waals surface area contributed by atoms with Crippen LogP contribution in [0.1, 0.15) is 49.3 Å². The van der Waals surface area contributed by atoms with Crippen LogP contribution in [0.4, 0.5) is 11.5 Å². The van der Waals surface area contributed by atoms with Gasteiger partial charge < -0.3 is 15.8 Å². The summed E-state index contributed by atoms with van der Waals surface area (Å²) in [6.45, 7) is 4.10. The summed E-state index contributed by atoms with van der Waals surface area (Å²) in [5.74, 6) is -0.155. The van der Waals surface area contributed by atoms with Crippen molar-refractivity contribution in [2.24, 2.45) is 5.41 Å². The van der Waals surface area contributed by atoms with E-state index in [0.717, 1.165) is 11.3 Å². The van der Waals surface area contributed by atoms with Gasteiger partial charge in [0.2, 0.25) is 5.88 Å². The summed E-state index contributed by atoms with van der Waals surface area (Å²) in [6.07, 6.45) is 1.07. The highest BCUT2D eigenvalue weighted by Crippen LogP contribution is 2.52. The van der Waals surface area contributed by atoms with E-state index in [0.29, 0.717) is 39.7 Å². The van der Waals surface area contributed by atoms with Gasteiger partial charge in [-0.3, -0.25) is 4.79 Å². The first-order valence-corrected chi connectivity index (χ1v) is 10.2. The normalized spacial score (nSPS) is 19.5. The van der Waals surface area contributed by atoms with Crippen molar-refractivity contribution in [1.82, 2.24) is 4.98 Å². The Kier molecular flexibility index (Phi) is 4.92. The number of nitrogens with two attached hydrogens (primary N) is 1. The molecule has 0 saturated carbocycles. The summed E-state index contributed by atoms with van der Waals surface area (Å²) >= 11 is 12.4. The third-order valence-electron chi connectivity index (χ3n) is 5.59. The molecule has 0 amide bonds. The number of ether oxygens (including phenoxy) is 1. The highest BCUT2D eigenvalue weighted by molar-refractivity contribution is 6.42. The molecule has 6 nitrogen and oxygen atoms in total. The number of rotatable bonds is 2. The van der Waals surface area contributed by atoms with Gasteiger partial charge in [-0.15, -0.1) is 0 Å². The van der Waals surface area contributed by atoms with E-state index in [1.807, 2.05) is 19.9 Å². The van der Waals surface area contributed by atoms with E-state index >= 15 is 0 Å². The lowest BCUT2D eigenvalue weighted by atomic mass is 9.68. The molecule has 0 saturated heterocycles. The van der Waals surface area contributed by atoms with E-state index < -0.39 is 5.92 Å². The van der Waals surface area contributed by atoms with Gasteiger partial charge in [0, 0.05) is 29.2 Å². The molecule has 0 unspecified atom stereocenters. The van der Waals surface area contributed by atoms with Gasteiger partial charge in [-0.05, 0) is 29.5 Å². The number of fused-ring (bicyclic) bond motifs is 1. The first-order chi connectivity index (χ1) is 14.2. The Morgan fingerprint density at radius 3 is 2.67 bits per heavy atom. The van der Waals surface area contributed by atoms with Gasteiger partial charge in [0.05, 0.1) is 22.8 Å². The number of ketones is 1. The van der Waals surface area contributed by atoms with Crippen LogP contribution in [0, 0.1) is 16.7 Å². The lowest BCUT2D eigenvalue weighted by Gasteiger charge is -2.40. The monoisotopic (exact) mass is 442 g/mol. The second kappa shape index (κ2) is 7.19. The molecule has 1 aromatic carbocycles. The Hall–Kier alpha value is -2.75. The van der Waals surface area contributed by atoms with Crippen molar-refractivity contribution in [3.05, 3.63) is 56.2 Å². The number of pyridine rings is 1. The number of nitrogens with zero attached hydrogens (tertiary/aromatic N) is 2. The van der Waals surface area contributed by atoms with Gasteiger partial charge in [0.1, 0.15) is 17.5 Å². The Bertz CT molecular complexity index is 1160. The average molecular weight is 443 g/mol. The number of carbonyl (C=O) groups is 1. The molecule has 1 atom stereocenters. The number of carbonyl (C=O) groups excluding carboxylic acids is 1. The van der Waals surface area contributed by atoms with Crippen molar-refractivity contribution in [1.29, 1.82) is 5.26 Å². The van der Waals surface area contributed by atoms with Gasteiger partial charge in [-0.25, -0.2) is 0 Å². The van der Waals surface area contributed by atoms with Crippen LogP contribution in [0.25, 0.3) is 0 Å². The van der Waals surface area contributed by atoms with Gasteiger partial charge in [0.15, 0.2) is 5.78 Å². The summed E-state index contributed by atoms with van der Waals surface area (Å²) in [4.78, 5) is 17.6. The van der Waals surface area contributed by atoms with Crippen LogP contribution in [0.3, 0.4) is 0 Å². The van der Waals surface area contributed by atoms with Gasteiger partial charge in [-0.1, -0.05) is 43.1 Å². The molecule has 3 N–H and O–H groups in total. The van der Waals surface area contributed by atoms with E-state index in [2.05, 4.69) is 16.4 Å². The van der Waals surface area contributed by atoms with E-state index in [-0.39, 0.29) is 28.5 Å². The number of Topliss-reactive ketones (excluding diaryl/α,β-unsaturated/α-hetero) is 1. The third kappa shape index (κ3) is 3.19. The predicted octanol–water partition coefficient (Wildman–Crippen LogP) is 5.05. The number of allylic oxidation sites excluding steroid dienone is 2. The summed E-state index contributed by atoms with van der Waals surface area (Å²) < 4.78 is 5.28. The maximum Gasteiger partial charge on any atom is 0.235 e. The van der Waals surface area contributed by atoms with Gasteiger partial charge in [-0.2, -0.15) is 10.2 Å². The van der Waals surface area contributed by atoms with Crippen LogP contribution in [-0.2, 0) is 4.79 Å². The molecule has 154 valence electrons. The minimum atomic E-state index is -0.514. The van der Waals surface area contributed by atoms with Crippen molar-refractivity contribution in [3.8, 4) is 11.9 Å². The molecule has 30 heavy (non-hydrogen) atoms. The van der Waals surface area contributed by atoms with Crippen LogP contribution < -0.4 is 15.8 Å². The number of benzene rings is 1. The topological polar surface area (TPSA) is 101 Å². The van der Waals surface area contributed by atoms with Crippen LogP contribution in [-0.4, -0.2) is 17.9 Å². The maximum atomic E-state index is 13.3. The fourth-order valence-corrected chi connectivity index (χ4v) is 4.68. The van der Waals surface area contributed by atoms with Crippen LogP contribution in [0.2, 0.25) is 10.0 Å². The van der Waals surface area contributed by atoms with Crippen LogP contribution in [0.15, 0.2) is 29.5 Å². The second-order valence-corrected chi connectivity index (χ2v) is 9.16. The molecule has 8 heteroatoms. The molecule has 1 aliphatic carbocycles. The second-order valence-electron chi connectivity index (χ2n) is 8.35. The van der Waals surface area contributed by atoms with Crippen LogP contribution >= 0.6 is 23.2 Å². The molecule has 2 heterocycles. The zero-order valence-corrected chi connectivity index (χ0v) is 18.3. The number of hydrogen-bond donors (Lipinski definition) is 2. The van der Waals surface area contributed by atoms with Gasteiger partial charge >= 0.3 is 0 Å². The molecule has 1 aliphatic heterocycles. The number of aromatic nitrogens is 1. The van der Waals surface area contributed by atoms with Gasteiger partial charge in [0.25, 0.3) is 0 Å². The Morgan fingerprint density at radius 2 is 2.03 bits per heavy atom. The lowest BCUT2D eigenvalue weighted by Crippen LogP contribution is -2.34. The highest BCUT2D eigenvalue weighted by atomic mass is 35.5. The highest BCUT2D eigenvalue weighted by Gasteiger charge is 2.43. The molecule has 0 spiro atoms. The Balaban J connectivity index is 2.05. The molecule has 2 aromatic rings. The number of anilines is 2. The molecule has 4 rings (SSSR count). The van der Waals surface area contributed by atoms with Crippen molar-refractivity contribution in [3.63, 3.8) is 0 Å². The Morgan fingerprint density at radius 1 is 1.30 bits per heavy atom. The molecule has 0 radical (unpaired) electrons. The van der Waals surface area contributed by atoms with Crippen molar-refractivity contribution >= 4 is 40.5 Å². The first-order valence-electron chi connectivity index (χ1n) is 9.42. The number of nitriles is 1. The predicted molar refractivity (Wildman–Crippen MR) is 117 cm³/mol. The largest absolute Gasteiger partial charge is 0.480 e. The van der Waals surface area contributed by atoms with Crippen LogP contribution in [0.5, 0.6) is 5.88 Å². The molecular weight excluding hydrogens is 423 g/mol. The van der Waals surface area contributed by atoms with Crippen molar-refractivity contribution in [2.45, 2.75) is 32.6 Å². The minimum Gasteiger partial charge on any atom is -0.480 e. The SMILES string of the molecule is COc1nc(N)c2c(c1C#N)NC1=C(C(=O)CC(C)(C)C1)[C@H]2c1ccc(Cl)c(Cl)c1. The molecule has 0 fully saturated rings. The molecule has 2 aliphatic rings. The fourth-order valence-electron chi connectivity index (χ4n) is 4.37. The number of hydrogen-bond acceptors (Lipinski definition) is 6. The van der Waals surface area contributed by atoms with E-state index in [1.165, 1.54) is 7.11 Å². The van der Waals surface area contributed by atoms with Crippen molar-refractivity contribution < 1.29 is 9.53 Å². The fraction of sp³-hybridized carbons (Fsp3) is 0.318. The van der Waals surface area contributed by atoms with E-state index in [1.54, 1.807) is 12.1 Å². The average Bonchev–Trinajstić information content (AvgIpc) is 2.67.